The van der Waals surface area contributed by atoms with E-state index in [4.69, 9.17) is 26.1 Å². The Morgan fingerprint density at radius 2 is 1.91 bits per heavy atom. The third-order valence-electron chi connectivity index (χ3n) is 3.64. The number of ether oxygens (including phenoxy) is 2. The molecule has 0 saturated carbocycles. The first-order valence-corrected chi connectivity index (χ1v) is 8.32. The zero-order valence-electron chi connectivity index (χ0n) is 13.4. The van der Waals surface area contributed by atoms with Gasteiger partial charge in [-0.1, -0.05) is 13.8 Å². The van der Waals surface area contributed by atoms with Crippen LogP contribution < -0.4 is 9.47 Å². The summed E-state index contributed by atoms with van der Waals surface area (Å²) in [6.45, 7) is 7.27. The van der Waals surface area contributed by atoms with Crippen LogP contribution in [-0.4, -0.2) is 34.6 Å². The highest BCUT2D eigenvalue weighted by molar-refractivity contribution is 7.71. The molecule has 0 radical (unpaired) electrons. The van der Waals surface area contributed by atoms with Crippen molar-refractivity contribution in [3.8, 4) is 23.0 Å². The first kappa shape index (κ1) is 16.0. The van der Waals surface area contributed by atoms with Crippen LogP contribution in [0.25, 0.3) is 11.5 Å². The number of nitrogens with zero attached hydrogens (tertiary/aromatic N) is 3. The van der Waals surface area contributed by atoms with Gasteiger partial charge in [0.25, 0.3) is 4.84 Å². The molecule has 1 aromatic carbocycles. The third kappa shape index (κ3) is 3.56. The van der Waals surface area contributed by atoms with Gasteiger partial charge in [0, 0.05) is 5.56 Å². The van der Waals surface area contributed by atoms with E-state index >= 15 is 0 Å². The van der Waals surface area contributed by atoms with Crippen LogP contribution in [0, 0.1) is 4.84 Å². The van der Waals surface area contributed by atoms with Crippen molar-refractivity contribution in [2.45, 2.75) is 33.4 Å². The maximum absolute atomic E-state index is 5.66. The molecule has 0 saturated heterocycles. The molecule has 6 nitrogen and oxygen atoms in total. The molecule has 0 fully saturated rings. The van der Waals surface area contributed by atoms with Crippen molar-refractivity contribution in [3.05, 3.63) is 23.0 Å². The van der Waals surface area contributed by atoms with Crippen molar-refractivity contribution in [2.24, 2.45) is 0 Å². The highest BCUT2D eigenvalue weighted by atomic mass is 32.1. The Morgan fingerprint density at radius 3 is 2.65 bits per heavy atom. The van der Waals surface area contributed by atoms with Crippen LogP contribution in [0.15, 0.2) is 22.6 Å². The standard InChI is InChI=1S/C16H21N3O3S/c1-3-7-18(8-4-2)10-19-16(23)22-15(17-19)12-5-6-13-14(9-12)21-11-20-13/h5-6,9H,3-4,7-8,10-11H2,1-2H3. The molecule has 2 aromatic rings. The van der Waals surface area contributed by atoms with E-state index in [0.29, 0.717) is 23.1 Å². The summed E-state index contributed by atoms with van der Waals surface area (Å²) in [5.74, 6) is 1.95. The summed E-state index contributed by atoms with van der Waals surface area (Å²) in [5, 5.41) is 4.52. The van der Waals surface area contributed by atoms with Gasteiger partial charge in [-0.25, -0.2) is 4.68 Å². The Morgan fingerprint density at radius 1 is 1.17 bits per heavy atom. The normalized spacial score (nSPS) is 13.0. The van der Waals surface area contributed by atoms with Gasteiger partial charge in [0.1, 0.15) is 0 Å². The fourth-order valence-corrected chi connectivity index (χ4v) is 2.79. The molecule has 1 aliphatic heterocycles. The number of fused-ring (bicyclic) bond motifs is 1. The average Bonchev–Trinajstić information content (AvgIpc) is 3.14. The molecule has 0 aliphatic carbocycles. The Balaban J connectivity index is 1.81. The highest BCUT2D eigenvalue weighted by Crippen LogP contribution is 2.35. The maximum Gasteiger partial charge on any atom is 0.288 e. The van der Waals surface area contributed by atoms with E-state index in [-0.39, 0.29) is 6.79 Å². The minimum atomic E-state index is 0.250. The van der Waals surface area contributed by atoms with E-state index < -0.39 is 0 Å². The summed E-state index contributed by atoms with van der Waals surface area (Å²) in [6.07, 6.45) is 2.19. The smallest absolute Gasteiger partial charge is 0.288 e. The van der Waals surface area contributed by atoms with Crippen molar-refractivity contribution in [1.82, 2.24) is 14.7 Å². The summed E-state index contributed by atoms with van der Waals surface area (Å²) < 4.78 is 18.1. The first-order valence-electron chi connectivity index (χ1n) is 7.91. The van der Waals surface area contributed by atoms with Crippen LogP contribution in [0.2, 0.25) is 0 Å². The van der Waals surface area contributed by atoms with E-state index in [9.17, 15) is 0 Å². The number of hydrogen-bond acceptors (Lipinski definition) is 6. The fourth-order valence-electron chi connectivity index (χ4n) is 2.62. The second kappa shape index (κ2) is 7.14. The topological polar surface area (TPSA) is 52.7 Å². The van der Waals surface area contributed by atoms with Gasteiger partial charge in [0.15, 0.2) is 11.5 Å². The fraction of sp³-hybridized carbons (Fsp3) is 0.500. The Labute approximate surface area is 140 Å². The minimum Gasteiger partial charge on any atom is -0.454 e. The predicted molar refractivity (Wildman–Crippen MR) is 89.0 cm³/mol. The maximum atomic E-state index is 5.66. The number of benzene rings is 1. The van der Waals surface area contributed by atoms with Crippen LogP contribution in [0.1, 0.15) is 26.7 Å². The molecule has 7 heteroatoms. The summed E-state index contributed by atoms with van der Waals surface area (Å²) in [7, 11) is 0. The van der Waals surface area contributed by atoms with E-state index in [2.05, 4.69) is 23.8 Å². The Kier molecular flexibility index (Phi) is 4.97. The molecule has 0 unspecified atom stereocenters. The quantitative estimate of drug-likeness (QED) is 0.720. The van der Waals surface area contributed by atoms with Gasteiger partial charge in [-0.2, -0.15) is 0 Å². The summed E-state index contributed by atoms with van der Waals surface area (Å²) in [6, 6.07) is 5.62. The average molecular weight is 335 g/mol. The molecule has 0 N–H and O–H groups in total. The Hall–Kier alpha value is -1.86. The van der Waals surface area contributed by atoms with Gasteiger partial charge in [-0.05, 0) is 56.3 Å². The predicted octanol–water partition coefficient (Wildman–Crippen LogP) is 3.68. The largest absolute Gasteiger partial charge is 0.454 e. The van der Waals surface area contributed by atoms with Crippen molar-refractivity contribution in [2.75, 3.05) is 19.9 Å². The molecule has 0 amide bonds. The van der Waals surface area contributed by atoms with Crippen LogP contribution in [0.5, 0.6) is 11.5 Å². The van der Waals surface area contributed by atoms with Crippen LogP contribution in [0.3, 0.4) is 0 Å². The number of hydrogen-bond donors (Lipinski definition) is 0. The molecule has 0 atom stereocenters. The molecule has 0 spiro atoms. The van der Waals surface area contributed by atoms with Gasteiger partial charge in [0.2, 0.25) is 12.7 Å². The molecule has 0 bridgehead atoms. The van der Waals surface area contributed by atoms with E-state index in [0.717, 1.165) is 37.2 Å². The minimum absolute atomic E-state index is 0.250. The third-order valence-corrected chi connectivity index (χ3v) is 3.93. The van der Waals surface area contributed by atoms with Crippen LogP contribution >= 0.6 is 12.2 Å². The van der Waals surface area contributed by atoms with Crippen LogP contribution in [-0.2, 0) is 6.67 Å². The lowest BCUT2D eigenvalue weighted by molar-refractivity contribution is 0.174. The zero-order chi connectivity index (χ0) is 16.2. The SMILES string of the molecule is CCCN(CCC)Cn1nc(-c2ccc3c(c2)OCO3)oc1=S. The molecule has 1 aliphatic rings. The van der Waals surface area contributed by atoms with Gasteiger partial charge in [-0.15, -0.1) is 5.10 Å². The highest BCUT2D eigenvalue weighted by Gasteiger charge is 2.17. The molecule has 2 heterocycles. The number of rotatable bonds is 7. The lowest BCUT2D eigenvalue weighted by atomic mass is 10.2. The molecule has 3 rings (SSSR count). The van der Waals surface area contributed by atoms with Crippen molar-refractivity contribution in [1.29, 1.82) is 0 Å². The van der Waals surface area contributed by atoms with E-state index in [1.54, 1.807) is 4.68 Å². The lowest BCUT2D eigenvalue weighted by Gasteiger charge is -2.19. The first-order chi connectivity index (χ1) is 11.2. The monoisotopic (exact) mass is 335 g/mol. The van der Waals surface area contributed by atoms with Gasteiger partial charge in [-0.3, -0.25) is 4.90 Å². The molecular weight excluding hydrogens is 314 g/mol. The van der Waals surface area contributed by atoms with Crippen molar-refractivity contribution < 1.29 is 13.9 Å². The van der Waals surface area contributed by atoms with E-state index in [1.165, 1.54) is 0 Å². The molecule has 1 aromatic heterocycles. The second-order valence-corrected chi connectivity index (χ2v) is 5.85. The number of aromatic nitrogens is 2. The lowest BCUT2D eigenvalue weighted by Crippen LogP contribution is -2.28. The second-order valence-electron chi connectivity index (χ2n) is 5.50. The molecular formula is C16H21N3O3S. The van der Waals surface area contributed by atoms with Gasteiger partial charge in [0.05, 0.1) is 6.67 Å². The van der Waals surface area contributed by atoms with Crippen molar-refractivity contribution >= 4 is 12.2 Å². The summed E-state index contributed by atoms with van der Waals surface area (Å²) in [5.41, 5.74) is 0.830. The summed E-state index contributed by atoms with van der Waals surface area (Å²) in [4.78, 5) is 2.71. The molecule has 23 heavy (non-hydrogen) atoms. The zero-order valence-corrected chi connectivity index (χ0v) is 14.3. The summed E-state index contributed by atoms with van der Waals surface area (Å²) >= 11 is 5.31. The molecule has 124 valence electrons. The van der Waals surface area contributed by atoms with Gasteiger partial charge >= 0.3 is 0 Å². The Bertz CT molecular complexity index is 720. The van der Waals surface area contributed by atoms with E-state index in [1.807, 2.05) is 18.2 Å². The van der Waals surface area contributed by atoms with Gasteiger partial charge < -0.3 is 13.9 Å². The van der Waals surface area contributed by atoms with Crippen molar-refractivity contribution in [3.63, 3.8) is 0 Å². The van der Waals surface area contributed by atoms with Crippen LogP contribution in [0.4, 0.5) is 0 Å².